The Morgan fingerprint density at radius 2 is 1.76 bits per heavy atom. The second kappa shape index (κ2) is 8.67. The molecule has 1 unspecified atom stereocenters. The van der Waals surface area contributed by atoms with Gasteiger partial charge in [0.2, 0.25) is 5.91 Å². The van der Waals surface area contributed by atoms with Crippen LogP contribution in [0.5, 0.6) is 0 Å². The van der Waals surface area contributed by atoms with Crippen molar-refractivity contribution in [3.8, 4) is 0 Å². The molecule has 2 saturated heterocycles. The Morgan fingerprint density at radius 3 is 2.35 bits per heavy atom. The molecule has 186 valence electrons. The lowest BCUT2D eigenvalue weighted by molar-refractivity contribution is -0.159. The van der Waals surface area contributed by atoms with Crippen LogP contribution >= 0.6 is 0 Å². The van der Waals surface area contributed by atoms with Gasteiger partial charge < -0.3 is 19.6 Å². The van der Waals surface area contributed by atoms with E-state index in [9.17, 15) is 35.2 Å². The van der Waals surface area contributed by atoms with E-state index in [0.29, 0.717) is 51.0 Å². The van der Waals surface area contributed by atoms with E-state index in [1.54, 1.807) is 4.90 Å². The molecule has 2 aliphatic rings. The van der Waals surface area contributed by atoms with Crippen LogP contribution in [0.1, 0.15) is 25.2 Å². The number of carbonyl (C=O) groups is 1. The number of alkyl halides is 3. The van der Waals surface area contributed by atoms with E-state index in [1.807, 2.05) is 0 Å². The third-order valence-electron chi connectivity index (χ3n) is 5.84. The van der Waals surface area contributed by atoms with E-state index >= 15 is 0 Å². The summed E-state index contributed by atoms with van der Waals surface area (Å²) >= 11 is 0. The highest BCUT2D eigenvalue weighted by molar-refractivity contribution is 7.90. The van der Waals surface area contributed by atoms with Crippen molar-refractivity contribution in [3.05, 3.63) is 29.7 Å². The van der Waals surface area contributed by atoms with Gasteiger partial charge in [0.15, 0.2) is 9.84 Å². The van der Waals surface area contributed by atoms with Gasteiger partial charge in [-0.3, -0.25) is 4.79 Å². The topological polar surface area (TPSA) is 109 Å². The predicted octanol–water partition coefficient (Wildman–Crippen LogP) is 2.45. The average Bonchev–Trinajstić information content (AvgIpc) is 3.38. The molecule has 34 heavy (non-hydrogen) atoms. The van der Waals surface area contributed by atoms with Crippen molar-refractivity contribution in [3.63, 3.8) is 0 Å². The molecule has 1 amide bonds. The predicted molar refractivity (Wildman–Crippen MR) is 108 cm³/mol. The summed E-state index contributed by atoms with van der Waals surface area (Å²) in [7, 11) is -3.96. The number of benzene rings is 1. The summed E-state index contributed by atoms with van der Waals surface area (Å²) in [5.74, 6) is -4.06. The molecule has 2 aromatic rings. The summed E-state index contributed by atoms with van der Waals surface area (Å²) in [6, 6.07) is 0.253. The van der Waals surface area contributed by atoms with Crippen LogP contribution in [0.25, 0.3) is 0 Å². The molecule has 1 N–H and O–H groups in total. The quantitative estimate of drug-likeness (QED) is 0.613. The van der Waals surface area contributed by atoms with Crippen molar-refractivity contribution in [2.75, 3.05) is 36.1 Å². The standard InChI is InChI=1S/C19H20F5N5O4S/c1-34(31,32)15-9-11(20)14(8-12(15)21)25-13-4-7-29(16(13)30)10-2-5-28(6-3-10)18-26-17(33-27-18)19(22,23)24/h8-10,13,25H,2-7H2,1H3. The van der Waals surface area contributed by atoms with Crippen LogP contribution in [0.4, 0.5) is 33.6 Å². The van der Waals surface area contributed by atoms with Crippen LogP contribution in [0.3, 0.4) is 0 Å². The molecule has 15 heteroatoms. The molecule has 1 aromatic heterocycles. The van der Waals surface area contributed by atoms with Crippen LogP contribution in [0, 0.1) is 11.6 Å². The van der Waals surface area contributed by atoms with Gasteiger partial charge in [0, 0.05) is 38.0 Å². The molecule has 2 aliphatic heterocycles. The first kappa shape index (κ1) is 24.2. The molecule has 0 saturated carbocycles. The van der Waals surface area contributed by atoms with E-state index in [4.69, 9.17) is 0 Å². The number of anilines is 2. The summed E-state index contributed by atoms with van der Waals surface area (Å²) in [4.78, 5) is 18.6. The van der Waals surface area contributed by atoms with Crippen LogP contribution in [0.15, 0.2) is 21.6 Å². The number of nitrogens with zero attached hydrogens (tertiary/aromatic N) is 4. The second-order valence-electron chi connectivity index (χ2n) is 8.17. The number of piperidine rings is 1. The zero-order valence-electron chi connectivity index (χ0n) is 17.8. The Balaban J connectivity index is 1.37. The van der Waals surface area contributed by atoms with E-state index in [1.165, 1.54) is 4.90 Å². The molecule has 9 nitrogen and oxygen atoms in total. The maximum atomic E-state index is 14.4. The second-order valence-corrected chi connectivity index (χ2v) is 10.2. The first-order valence-electron chi connectivity index (χ1n) is 10.3. The van der Waals surface area contributed by atoms with Crippen LogP contribution in [0.2, 0.25) is 0 Å². The van der Waals surface area contributed by atoms with Crippen molar-refractivity contribution in [2.24, 2.45) is 0 Å². The third kappa shape index (κ3) is 4.79. The Bertz CT molecular complexity index is 1190. The fraction of sp³-hybridized carbons (Fsp3) is 0.526. The number of sulfone groups is 1. The van der Waals surface area contributed by atoms with E-state index in [0.717, 1.165) is 6.26 Å². The van der Waals surface area contributed by atoms with Crippen molar-refractivity contribution in [1.82, 2.24) is 15.0 Å². The van der Waals surface area contributed by atoms with Crippen molar-refractivity contribution in [1.29, 1.82) is 0 Å². The number of amides is 1. The molecular weight excluding hydrogens is 489 g/mol. The number of hydrogen-bond acceptors (Lipinski definition) is 8. The minimum atomic E-state index is -4.74. The lowest BCUT2D eigenvalue weighted by atomic mass is 10.0. The van der Waals surface area contributed by atoms with Gasteiger partial charge in [-0.2, -0.15) is 18.2 Å². The number of aromatic nitrogens is 2. The summed E-state index contributed by atoms with van der Waals surface area (Å²) in [5, 5.41) is 6.01. The molecule has 1 atom stereocenters. The molecule has 0 spiro atoms. The van der Waals surface area contributed by atoms with Crippen LogP contribution in [-0.4, -0.2) is 67.3 Å². The highest BCUT2D eigenvalue weighted by Crippen LogP contribution is 2.31. The molecular formula is C19H20F5N5O4S. The number of nitrogens with one attached hydrogen (secondary N) is 1. The molecule has 3 heterocycles. The number of likely N-dealkylation sites (tertiary alicyclic amines) is 1. The van der Waals surface area contributed by atoms with Gasteiger partial charge in [-0.25, -0.2) is 17.2 Å². The zero-order valence-corrected chi connectivity index (χ0v) is 18.6. The van der Waals surface area contributed by atoms with Crippen molar-refractivity contribution >= 4 is 27.4 Å². The van der Waals surface area contributed by atoms with E-state index in [2.05, 4.69) is 20.0 Å². The molecule has 0 bridgehead atoms. The van der Waals surface area contributed by atoms with Gasteiger partial charge in [-0.05, 0) is 30.5 Å². The fourth-order valence-corrected chi connectivity index (χ4v) is 4.88. The summed E-state index contributed by atoms with van der Waals surface area (Å²) < 4.78 is 93.8. The van der Waals surface area contributed by atoms with E-state index < -0.39 is 44.5 Å². The van der Waals surface area contributed by atoms with Crippen LogP contribution in [-0.2, 0) is 20.8 Å². The normalized spacial score (nSPS) is 20.3. The van der Waals surface area contributed by atoms with Gasteiger partial charge in [-0.1, -0.05) is 0 Å². The average molecular weight is 509 g/mol. The van der Waals surface area contributed by atoms with Gasteiger partial charge in [-0.15, -0.1) is 0 Å². The number of halogens is 5. The SMILES string of the molecule is CS(=O)(=O)c1cc(F)c(NC2CCN(C3CCN(c4noc(C(F)(F)F)n4)CC3)C2=O)cc1F. The van der Waals surface area contributed by atoms with Gasteiger partial charge in [0.25, 0.3) is 5.95 Å². The number of carbonyl (C=O) groups excluding carboxylic acids is 1. The smallest absolute Gasteiger partial charge is 0.371 e. The Kier molecular flexibility index (Phi) is 6.16. The lowest BCUT2D eigenvalue weighted by Gasteiger charge is -2.36. The highest BCUT2D eigenvalue weighted by Gasteiger charge is 2.41. The number of hydrogen-bond donors (Lipinski definition) is 1. The molecule has 4 rings (SSSR count). The zero-order chi connectivity index (χ0) is 24.8. The van der Waals surface area contributed by atoms with Gasteiger partial charge in [0.1, 0.15) is 22.6 Å². The summed E-state index contributed by atoms with van der Waals surface area (Å²) in [6.07, 6.45) is -2.77. The molecule has 2 fully saturated rings. The summed E-state index contributed by atoms with van der Waals surface area (Å²) in [6.45, 7) is 0.958. The highest BCUT2D eigenvalue weighted by atomic mass is 32.2. The largest absolute Gasteiger partial charge is 0.471 e. The first-order chi connectivity index (χ1) is 15.8. The molecule has 0 radical (unpaired) electrons. The monoisotopic (exact) mass is 509 g/mol. The molecule has 0 aliphatic carbocycles. The first-order valence-corrected chi connectivity index (χ1v) is 12.2. The fourth-order valence-electron chi connectivity index (χ4n) is 4.15. The summed E-state index contributed by atoms with van der Waals surface area (Å²) in [5.41, 5.74) is -0.322. The van der Waals surface area contributed by atoms with Gasteiger partial charge in [0.05, 0.1) is 5.69 Å². The Morgan fingerprint density at radius 1 is 1.09 bits per heavy atom. The third-order valence-corrected chi connectivity index (χ3v) is 6.95. The van der Waals surface area contributed by atoms with Crippen molar-refractivity contribution < 1.29 is 39.7 Å². The van der Waals surface area contributed by atoms with E-state index in [-0.39, 0.29) is 23.6 Å². The maximum Gasteiger partial charge on any atom is 0.471 e. The number of rotatable bonds is 5. The van der Waals surface area contributed by atoms with Crippen molar-refractivity contribution in [2.45, 2.75) is 42.4 Å². The maximum absolute atomic E-state index is 14.4. The Labute approximate surface area is 190 Å². The van der Waals surface area contributed by atoms with Crippen LogP contribution < -0.4 is 10.2 Å². The van der Waals surface area contributed by atoms with Gasteiger partial charge >= 0.3 is 12.1 Å². The minimum absolute atomic E-state index is 0.173. The molecule has 1 aromatic carbocycles. The minimum Gasteiger partial charge on any atom is -0.371 e. The Hall–Kier alpha value is -2.97. The lowest BCUT2D eigenvalue weighted by Crippen LogP contribution is -2.47.